The molecule has 2 aliphatic heterocycles. The van der Waals surface area contributed by atoms with Crippen molar-refractivity contribution in [3.63, 3.8) is 0 Å². The van der Waals surface area contributed by atoms with Crippen molar-refractivity contribution in [2.24, 2.45) is 0 Å². The molecule has 2 saturated heterocycles. The number of carbonyl (C=O) groups is 3. The third-order valence-electron chi connectivity index (χ3n) is 7.48. The molecule has 2 N–H and O–H groups in total. The van der Waals surface area contributed by atoms with Gasteiger partial charge in [0.2, 0.25) is 0 Å². The first kappa shape index (κ1) is 31.1. The van der Waals surface area contributed by atoms with Gasteiger partial charge in [-0.25, -0.2) is 4.79 Å². The Hall–Kier alpha value is -4.31. The van der Waals surface area contributed by atoms with E-state index in [0.717, 1.165) is 31.6 Å². The number of carbonyl (C=O) groups excluding carboxylic acids is 3. The molecule has 1 aromatic heterocycles. The summed E-state index contributed by atoms with van der Waals surface area (Å²) in [7, 11) is 0. The minimum absolute atomic E-state index is 0.187. The lowest BCUT2D eigenvalue weighted by molar-refractivity contribution is 0.0126. The zero-order valence-corrected chi connectivity index (χ0v) is 26.0. The van der Waals surface area contributed by atoms with Crippen molar-refractivity contribution in [3.8, 4) is 5.75 Å². The van der Waals surface area contributed by atoms with Crippen molar-refractivity contribution in [1.82, 2.24) is 9.88 Å². The average Bonchev–Trinajstić information content (AvgIpc) is 3.53. The van der Waals surface area contributed by atoms with Gasteiger partial charge in [0, 0.05) is 67.7 Å². The van der Waals surface area contributed by atoms with Crippen LogP contribution in [-0.2, 0) is 4.74 Å². The standard InChI is InChI=1S/C33H38ClN5O5/c1-33(2,3)44-32(42)39-18-13-25(14-19-39)43-29-20-24(38-16-4-5-17-38)10-11-27(29)31(41)37-28-21-35-15-12-26(28)30(40)36-23-8-6-22(34)7-9-23/h6-12,15,20-21,25H,4-5,13-14,16-19H2,1-3H3,(H,36,40)(H,37,41). The number of anilines is 3. The zero-order chi connectivity index (χ0) is 31.3. The number of ether oxygens (including phenoxy) is 2. The summed E-state index contributed by atoms with van der Waals surface area (Å²) in [5, 5.41) is 6.25. The van der Waals surface area contributed by atoms with Gasteiger partial charge < -0.3 is 29.9 Å². The zero-order valence-electron chi connectivity index (χ0n) is 25.3. The Labute approximate surface area is 262 Å². The predicted octanol–water partition coefficient (Wildman–Crippen LogP) is 6.62. The summed E-state index contributed by atoms with van der Waals surface area (Å²) in [5.41, 5.74) is 1.87. The van der Waals surface area contributed by atoms with E-state index in [-0.39, 0.29) is 23.4 Å². The molecular formula is C33H38ClN5O5. The number of benzene rings is 2. The first-order valence-electron chi connectivity index (χ1n) is 14.9. The van der Waals surface area contributed by atoms with Gasteiger partial charge in [0.1, 0.15) is 17.5 Å². The summed E-state index contributed by atoms with van der Waals surface area (Å²) in [5.74, 6) is -0.367. The number of nitrogens with zero attached hydrogens (tertiary/aromatic N) is 3. The molecule has 11 heteroatoms. The number of pyridine rings is 1. The van der Waals surface area contributed by atoms with E-state index in [2.05, 4.69) is 20.5 Å². The lowest BCUT2D eigenvalue weighted by Crippen LogP contribution is -2.44. The number of piperidine rings is 1. The molecule has 44 heavy (non-hydrogen) atoms. The second-order valence-electron chi connectivity index (χ2n) is 12.0. The van der Waals surface area contributed by atoms with Crippen LogP contribution in [-0.4, -0.2) is 65.7 Å². The lowest BCUT2D eigenvalue weighted by atomic mass is 10.1. The molecule has 0 spiro atoms. The molecule has 0 unspecified atom stereocenters. The van der Waals surface area contributed by atoms with Crippen molar-refractivity contribution in [2.75, 3.05) is 41.7 Å². The molecule has 10 nitrogen and oxygen atoms in total. The lowest BCUT2D eigenvalue weighted by Gasteiger charge is -2.34. The maximum absolute atomic E-state index is 13.7. The maximum atomic E-state index is 13.7. The smallest absolute Gasteiger partial charge is 0.410 e. The van der Waals surface area contributed by atoms with Crippen LogP contribution in [0.25, 0.3) is 0 Å². The molecule has 5 rings (SSSR count). The van der Waals surface area contributed by atoms with Crippen LogP contribution in [0.2, 0.25) is 5.02 Å². The molecule has 0 bridgehead atoms. The number of amides is 3. The van der Waals surface area contributed by atoms with Crippen LogP contribution in [0.5, 0.6) is 5.75 Å². The summed E-state index contributed by atoms with van der Waals surface area (Å²) < 4.78 is 12.0. The summed E-state index contributed by atoms with van der Waals surface area (Å²) in [6, 6.07) is 13.9. The van der Waals surface area contributed by atoms with Crippen molar-refractivity contribution in [2.45, 2.75) is 58.2 Å². The van der Waals surface area contributed by atoms with E-state index < -0.39 is 17.4 Å². The third-order valence-corrected chi connectivity index (χ3v) is 7.74. The second-order valence-corrected chi connectivity index (χ2v) is 12.4. The molecular weight excluding hydrogens is 582 g/mol. The monoisotopic (exact) mass is 619 g/mol. The fourth-order valence-electron chi connectivity index (χ4n) is 5.24. The van der Waals surface area contributed by atoms with E-state index in [0.29, 0.717) is 48.0 Å². The number of hydrogen-bond donors (Lipinski definition) is 2. The highest BCUT2D eigenvalue weighted by Gasteiger charge is 2.29. The van der Waals surface area contributed by atoms with Gasteiger partial charge in [-0.3, -0.25) is 14.6 Å². The Morgan fingerprint density at radius 1 is 0.886 bits per heavy atom. The van der Waals surface area contributed by atoms with Crippen LogP contribution >= 0.6 is 11.6 Å². The fraction of sp³-hybridized carbons (Fsp3) is 0.394. The van der Waals surface area contributed by atoms with E-state index in [4.69, 9.17) is 21.1 Å². The summed E-state index contributed by atoms with van der Waals surface area (Å²) in [6.45, 7) is 8.43. The highest BCUT2D eigenvalue weighted by atomic mass is 35.5. The van der Waals surface area contributed by atoms with E-state index >= 15 is 0 Å². The van der Waals surface area contributed by atoms with Gasteiger partial charge in [-0.2, -0.15) is 0 Å². The highest BCUT2D eigenvalue weighted by Crippen LogP contribution is 2.31. The topological polar surface area (TPSA) is 113 Å². The van der Waals surface area contributed by atoms with E-state index in [1.807, 2.05) is 32.9 Å². The van der Waals surface area contributed by atoms with Gasteiger partial charge in [0.05, 0.1) is 23.0 Å². The van der Waals surface area contributed by atoms with Gasteiger partial charge in [0.25, 0.3) is 11.8 Å². The molecule has 2 fully saturated rings. The number of hydrogen-bond acceptors (Lipinski definition) is 7. The molecule has 3 heterocycles. The quantitative estimate of drug-likeness (QED) is 0.306. The predicted molar refractivity (Wildman–Crippen MR) is 171 cm³/mol. The summed E-state index contributed by atoms with van der Waals surface area (Å²) >= 11 is 5.96. The molecule has 0 saturated carbocycles. The molecule has 3 aromatic rings. The summed E-state index contributed by atoms with van der Waals surface area (Å²) in [6.07, 6.45) is 5.85. The van der Waals surface area contributed by atoms with Crippen LogP contribution in [0, 0.1) is 0 Å². The fourth-order valence-corrected chi connectivity index (χ4v) is 5.37. The molecule has 0 atom stereocenters. The van der Waals surface area contributed by atoms with Crippen molar-refractivity contribution >= 4 is 46.6 Å². The van der Waals surface area contributed by atoms with Gasteiger partial charge >= 0.3 is 6.09 Å². The molecule has 2 aromatic carbocycles. The molecule has 0 radical (unpaired) electrons. The Morgan fingerprint density at radius 2 is 1.57 bits per heavy atom. The number of likely N-dealkylation sites (tertiary alicyclic amines) is 1. The summed E-state index contributed by atoms with van der Waals surface area (Å²) in [4.78, 5) is 47.5. The third kappa shape index (κ3) is 7.99. The van der Waals surface area contributed by atoms with Crippen LogP contribution < -0.4 is 20.3 Å². The first-order valence-corrected chi connectivity index (χ1v) is 15.3. The molecule has 3 amide bonds. The maximum Gasteiger partial charge on any atom is 0.410 e. The van der Waals surface area contributed by atoms with Gasteiger partial charge in [0.15, 0.2) is 0 Å². The van der Waals surface area contributed by atoms with Crippen LogP contribution in [0.4, 0.5) is 21.9 Å². The van der Waals surface area contributed by atoms with Crippen molar-refractivity contribution in [1.29, 1.82) is 0 Å². The largest absolute Gasteiger partial charge is 0.489 e. The average molecular weight is 620 g/mol. The van der Waals surface area contributed by atoms with Crippen LogP contribution in [0.1, 0.15) is 67.2 Å². The van der Waals surface area contributed by atoms with Gasteiger partial charge in [-0.15, -0.1) is 0 Å². The Balaban J connectivity index is 1.32. The number of aromatic nitrogens is 1. The van der Waals surface area contributed by atoms with Crippen LogP contribution in [0.3, 0.4) is 0 Å². The van der Waals surface area contributed by atoms with Gasteiger partial charge in [-0.1, -0.05) is 11.6 Å². The minimum atomic E-state index is -0.562. The molecule has 2 aliphatic rings. The molecule has 0 aliphatic carbocycles. The number of rotatable bonds is 7. The normalized spacial score (nSPS) is 15.5. The van der Waals surface area contributed by atoms with E-state index in [9.17, 15) is 14.4 Å². The van der Waals surface area contributed by atoms with E-state index in [1.165, 1.54) is 12.4 Å². The van der Waals surface area contributed by atoms with Crippen molar-refractivity contribution < 1.29 is 23.9 Å². The highest BCUT2D eigenvalue weighted by molar-refractivity contribution is 6.30. The van der Waals surface area contributed by atoms with E-state index in [1.54, 1.807) is 41.3 Å². The first-order chi connectivity index (χ1) is 21.1. The minimum Gasteiger partial charge on any atom is -0.489 e. The van der Waals surface area contributed by atoms with Gasteiger partial charge in [-0.05, 0) is 76.1 Å². The van der Waals surface area contributed by atoms with Crippen LogP contribution in [0.15, 0.2) is 60.9 Å². The van der Waals surface area contributed by atoms with Crippen molar-refractivity contribution in [3.05, 3.63) is 77.1 Å². The Morgan fingerprint density at radius 3 is 2.25 bits per heavy atom. The number of nitrogens with one attached hydrogen (secondary N) is 2. The SMILES string of the molecule is CC(C)(C)OC(=O)N1CCC(Oc2cc(N3CCCC3)ccc2C(=O)Nc2cnccc2C(=O)Nc2ccc(Cl)cc2)CC1. The molecule has 232 valence electrons. The number of halogens is 1. The Kier molecular flexibility index (Phi) is 9.58. The Bertz CT molecular complexity index is 1490. The second kappa shape index (κ2) is 13.5.